The van der Waals surface area contributed by atoms with E-state index in [4.69, 9.17) is 0 Å². The quantitative estimate of drug-likeness (QED) is 0.825. The van der Waals surface area contributed by atoms with Crippen LogP contribution in [0.25, 0.3) is 0 Å². The van der Waals surface area contributed by atoms with Crippen LogP contribution in [0.5, 0.6) is 0 Å². The molecule has 0 heterocycles. The summed E-state index contributed by atoms with van der Waals surface area (Å²) in [6, 6.07) is 14.9. The lowest BCUT2D eigenvalue weighted by atomic mass is 10.1. The van der Waals surface area contributed by atoms with Crippen molar-refractivity contribution in [3.63, 3.8) is 0 Å². The standard InChI is InChI=1S/C21H25FN2O2/c1-15(2)21(26)24(14-18-9-11-19(22)12-10-18)16(3)20(25)23-13-17-7-5-4-6-8-17/h4-12,15-16H,13-14H2,1-3H3,(H,23,25)/t16-/m0/s1. The fraction of sp³-hybridized carbons (Fsp3) is 0.333. The van der Waals surface area contributed by atoms with Crippen LogP contribution in [0, 0.1) is 11.7 Å². The maximum atomic E-state index is 13.1. The van der Waals surface area contributed by atoms with Gasteiger partial charge in [-0.3, -0.25) is 9.59 Å². The molecule has 0 aliphatic carbocycles. The Hall–Kier alpha value is -2.69. The van der Waals surface area contributed by atoms with Crippen LogP contribution >= 0.6 is 0 Å². The summed E-state index contributed by atoms with van der Waals surface area (Å²) in [5.41, 5.74) is 1.77. The molecule has 0 unspecified atom stereocenters. The van der Waals surface area contributed by atoms with Gasteiger partial charge in [0.15, 0.2) is 0 Å². The van der Waals surface area contributed by atoms with Crippen LogP contribution in [0.1, 0.15) is 31.9 Å². The zero-order valence-corrected chi connectivity index (χ0v) is 15.4. The number of hydrogen-bond donors (Lipinski definition) is 1. The van der Waals surface area contributed by atoms with E-state index in [-0.39, 0.29) is 30.1 Å². The van der Waals surface area contributed by atoms with E-state index in [1.54, 1.807) is 32.9 Å². The number of benzene rings is 2. The van der Waals surface area contributed by atoms with Gasteiger partial charge in [-0.05, 0) is 30.2 Å². The maximum Gasteiger partial charge on any atom is 0.242 e. The Labute approximate surface area is 154 Å². The van der Waals surface area contributed by atoms with Crippen molar-refractivity contribution in [3.8, 4) is 0 Å². The predicted octanol–water partition coefficient (Wildman–Crippen LogP) is 3.52. The summed E-state index contributed by atoms with van der Waals surface area (Å²) in [6.07, 6.45) is 0. The van der Waals surface area contributed by atoms with Crippen molar-refractivity contribution in [2.45, 2.75) is 39.9 Å². The minimum Gasteiger partial charge on any atom is -0.350 e. The van der Waals surface area contributed by atoms with E-state index >= 15 is 0 Å². The number of amides is 2. The number of nitrogens with zero attached hydrogens (tertiary/aromatic N) is 1. The number of carbonyl (C=O) groups is 2. The van der Waals surface area contributed by atoms with Gasteiger partial charge in [0.05, 0.1) is 0 Å². The first-order valence-electron chi connectivity index (χ1n) is 8.75. The van der Waals surface area contributed by atoms with Gasteiger partial charge in [0, 0.05) is 19.0 Å². The van der Waals surface area contributed by atoms with Gasteiger partial charge >= 0.3 is 0 Å². The van der Waals surface area contributed by atoms with Gasteiger partial charge in [-0.25, -0.2) is 4.39 Å². The van der Waals surface area contributed by atoms with Crippen LogP contribution < -0.4 is 5.32 Å². The molecule has 0 bridgehead atoms. The van der Waals surface area contributed by atoms with Gasteiger partial charge in [0.25, 0.3) is 0 Å². The van der Waals surface area contributed by atoms with Crippen LogP contribution in [0.4, 0.5) is 4.39 Å². The number of halogens is 1. The Morgan fingerprint density at radius 1 is 0.962 bits per heavy atom. The molecule has 26 heavy (non-hydrogen) atoms. The van der Waals surface area contributed by atoms with Gasteiger partial charge in [-0.2, -0.15) is 0 Å². The summed E-state index contributed by atoms with van der Waals surface area (Å²) in [7, 11) is 0. The third-order valence-electron chi connectivity index (χ3n) is 4.20. The first-order chi connectivity index (χ1) is 12.4. The number of hydrogen-bond acceptors (Lipinski definition) is 2. The molecule has 0 spiro atoms. The molecule has 1 atom stereocenters. The summed E-state index contributed by atoms with van der Waals surface area (Å²) < 4.78 is 13.1. The summed E-state index contributed by atoms with van der Waals surface area (Å²) in [5.74, 6) is -0.898. The van der Waals surface area contributed by atoms with Crippen molar-refractivity contribution in [1.29, 1.82) is 0 Å². The normalized spacial score (nSPS) is 11.9. The zero-order chi connectivity index (χ0) is 19.1. The maximum absolute atomic E-state index is 13.1. The molecule has 0 radical (unpaired) electrons. The number of rotatable bonds is 7. The third-order valence-corrected chi connectivity index (χ3v) is 4.20. The molecule has 0 saturated carbocycles. The fourth-order valence-electron chi connectivity index (χ4n) is 2.60. The Morgan fingerprint density at radius 2 is 1.58 bits per heavy atom. The number of nitrogens with one attached hydrogen (secondary N) is 1. The summed E-state index contributed by atoms with van der Waals surface area (Å²) >= 11 is 0. The van der Waals surface area contributed by atoms with Crippen molar-refractivity contribution in [2.24, 2.45) is 5.92 Å². The van der Waals surface area contributed by atoms with E-state index in [1.807, 2.05) is 30.3 Å². The van der Waals surface area contributed by atoms with Crippen LogP contribution in [-0.2, 0) is 22.7 Å². The SMILES string of the molecule is CC(C)C(=O)N(Cc1ccc(F)cc1)[C@@H](C)C(=O)NCc1ccccc1. The minimum atomic E-state index is -0.626. The molecular weight excluding hydrogens is 331 g/mol. The van der Waals surface area contributed by atoms with E-state index in [1.165, 1.54) is 17.0 Å². The molecule has 2 aromatic carbocycles. The van der Waals surface area contributed by atoms with Crippen LogP contribution in [0.15, 0.2) is 54.6 Å². The largest absolute Gasteiger partial charge is 0.350 e. The molecule has 4 nitrogen and oxygen atoms in total. The Morgan fingerprint density at radius 3 is 2.15 bits per heavy atom. The van der Waals surface area contributed by atoms with E-state index in [9.17, 15) is 14.0 Å². The second-order valence-electron chi connectivity index (χ2n) is 6.63. The topological polar surface area (TPSA) is 49.4 Å². The highest BCUT2D eigenvalue weighted by molar-refractivity contribution is 5.88. The predicted molar refractivity (Wildman–Crippen MR) is 99.5 cm³/mol. The molecule has 138 valence electrons. The van der Waals surface area contributed by atoms with Crippen LogP contribution in [-0.4, -0.2) is 22.8 Å². The number of carbonyl (C=O) groups excluding carboxylic acids is 2. The van der Waals surface area contributed by atoms with Gasteiger partial charge in [0.2, 0.25) is 11.8 Å². The summed E-state index contributed by atoms with van der Waals surface area (Å²) in [6.45, 7) is 5.98. The minimum absolute atomic E-state index is 0.114. The van der Waals surface area contributed by atoms with Crippen molar-refractivity contribution < 1.29 is 14.0 Å². The van der Waals surface area contributed by atoms with Crippen LogP contribution in [0.3, 0.4) is 0 Å². The van der Waals surface area contributed by atoms with Gasteiger partial charge in [0.1, 0.15) is 11.9 Å². The first-order valence-corrected chi connectivity index (χ1v) is 8.75. The molecule has 1 N–H and O–H groups in total. The van der Waals surface area contributed by atoms with Gasteiger partial charge in [-0.15, -0.1) is 0 Å². The molecule has 0 fully saturated rings. The summed E-state index contributed by atoms with van der Waals surface area (Å²) in [4.78, 5) is 26.7. The van der Waals surface area contributed by atoms with E-state index < -0.39 is 6.04 Å². The Bertz CT molecular complexity index is 729. The molecule has 2 aromatic rings. The van der Waals surface area contributed by atoms with Gasteiger partial charge in [-0.1, -0.05) is 56.3 Å². The van der Waals surface area contributed by atoms with Crippen molar-refractivity contribution >= 4 is 11.8 Å². The first kappa shape index (κ1) is 19.6. The second kappa shape index (κ2) is 9.13. The lowest BCUT2D eigenvalue weighted by Crippen LogP contribution is -2.48. The van der Waals surface area contributed by atoms with E-state index in [2.05, 4.69) is 5.32 Å². The lowest BCUT2D eigenvalue weighted by Gasteiger charge is -2.30. The van der Waals surface area contributed by atoms with E-state index in [0.29, 0.717) is 6.54 Å². The molecule has 0 aromatic heterocycles. The highest BCUT2D eigenvalue weighted by Crippen LogP contribution is 2.14. The van der Waals surface area contributed by atoms with Crippen molar-refractivity contribution in [1.82, 2.24) is 10.2 Å². The highest BCUT2D eigenvalue weighted by Gasteiger charge is 2.27. The summed E-state index contributed by atoms with van der Waals surface area (Å²) in [5, 5.41) is 2.88. The molecule has 0 aliphatic rings. The Balaban J connectivity index is 2.08. The molecule has 2 rings (SSSR count). The molecular formula is C21H25FN2O2. The lowest BCUT2D eigenvalue weighted by molar-refractivity contribution is -0.143. The smallest absolute Gasteiger partial charge is 0.242 e. The van der Waals surface area contributed by atoms with Crippen LogP contribution in [0.2, 0.25) is 0 Å². The highest BCUT2D eigenvalue weighted by atomic mass is 19.1. The molecule has 0 aliphatic heterocycles. The third kappa shape index (κ3) is 5.41. The molecule has 5 heteroatoms. The fourth-order valence-corrected chi connectivity index (χ4v) is 2.60. The van der Waals surface area contributed by atoms with Crippen molar-refractivity contribution in [3.05, 3.63) is 71.5 Å². The van der Waals surface area contributed by atoms with Crippen molar-refractivity contribution in [2.75, 3.05) is 0 Å². The van der Waals surface area contributed by atoms with E-state index in [0.717, 1.165) is 11.1 Å². The monoisotopic (exact) mass is 356 g/mol. The zero-order valence-electron chi connectivity index (χ0n) is 15.4. The van der Waals surface area contributed by atoms with Gasteiger partial charge < -0.3 is 10.2 Å². The second-order valence-corrected chi connectivity index (χ2v) is 6.63. The Kier molecular flexibility index (Phi) is 6.89. The average molecular weight is 356 g/mol. The average Bonchev–Trinajstić information content (AvgIpc) is 2.65. The molecule has 2 amide bonds. The molecule has 0 saturated heterocycles.